The zero-order valence-electron chi connectivity index (χ0n) is 11.3. The van der Waals surface area contributed by atoms with Gasteiger partial charge in [0.25, 0.3) is 0 Å². The van der Waals surface area contributed by atoms with Gasteiger partial charge in [-0.2, -0.15) is 0 Å². The van der Waals surface area contributed by atoms with Gasteiger partial charge >= 0.3 is 6.03 Å². The van der Waals surface area contributed by atoms with E-state index in [4.69, 9.17) is 0 Å². The lowest BCUT2D eigenvalue weighted by atomic mass is 10.1. The normalized spacial score (nSPS) is 15.4. The molecule has 0 aromatic heterocycles. The lowest BCUT2D eigenvalue weighted by molar-refractivity contribution is 0.235. The van der Waals surface area contributed by atoms with Gasteiger partial charge in [-0.25, -0.2) is 4.79 Å². The van der Waals surface area contributed by atoms with Crippen LogP contribution in [-0.4, -0.2) is 6.03 Å². The van der Waals surface area contributed by atoms with Crippen LogP contribution in [0, 0.1) is 0 Å². The van der Waals surface area contributed by atoms with E-state index in [0.29, 0.717) is 6.54 Å². The lowest BCUT2D eigenvalue weighted by Gasteiger charge is -2.18. The van der Waals surface area contributed by atoms with Crippen LogP contribution in [0.2, 0.25) is 0 Å². The van der Waals surface area contributed by atoms with Gasteiger partial charge in [0, 0.05) is 6.54 Å². The number of amides is 2. The van der Waals surface area contributed by atoms with Crippen molar-refractivity contribution in [1.82, 2.24) is 10.6 Å². The Labute approximate surface area is 119 Å². The van der Waals surface area contributed by atoms with Crippen molar-refractivity contribution in [2.75, 3.05) is 0 Å². The summed E-state index contributed by atoms with van der Waals surface area (Å²) in [6, 6.07) is 20.0. The maximum Gasteiger partial charge on any atom is 0.315 e. The van der Waals surface area contributed by atoms with Crippen molar-refractivity contribution in [3.8, 4) is 0 Å². The minimum atomic E-state index is -0.151. The number of hydrogen-bond acceptors (Lipinski definition) is 1. The molecule has 1 aliphatic carbocycles. The molecule has 3 nitrogen and oxygen atoms in total. The Kier molecular flexibility index (Phi) is 3.42. The van der Waals surface area contributed by atoms with Crippen molar-refractivity contribution < 1.29 is 4.79 Å². The molecular formula is C17H18N2O. The predicted octanol–water partition coefficient (Wildman–Crippen LogP) is 3.18. The summed E-state index contributed by atoms with van der Waals surface area (Å²) in [5, 5.41) is 6.02. The van der Waals surface area contributed by atoms with Gasteiger partial charge in [-0.1, -0.05) is 60.7 Å². The summed E-state index contributed by atoms with van der Waals surface area (Å²) in [5.74, 6) is 0. The van der Waals surface area contributed by atoms with Crippen molar-refractivity contribution >= 4 is 6.03 Å². The van der Waals surface area contributed by atoms with Crippen molar-refractivity contribution in [3.05, 3.63) is 71.8 Å². The second kappa shape index (κ2) is 5.37. The van der Waals surface area contributed by atoms with E-state index in [1.54, 1.807) is 0 Å². The molecule has 0 saturated heterocycles. The van der Waals surface area contributed by atoms with Crippen LogP contribution in [0.3, 0.4) is 0 Å². The van der Waals surface area contributed by atoms with E-state index in [1.165, 1.54) is 5.56 Å². The van der Waals surface area contributed by atoms with E-state index < -0.39 is 0 Å². The Morgan fingerprint density at radius 1 is 0.950 bits per heavy atom. The third-order valence-corrected chi connectivity index (χ3v) is 3.73. The molecule has 3 rings (SSSR count). The van der Waals surface area contributed by atoms with Crippen molar-refractivity contribution in [1.29, 1.82) is 0 Å². The number of urea groups is 1. The molecule has 0 radical (unpaired) electrons. The first kappa shape index (κ1) is 12.7. The standard InChI is InChI=1S/C17H18N2O/c20-16(18-13-14-7-3-1-4-8-14)19-17(11-12-17)15-9-5-2-6-10-15/h1-10H,11-13H2,(H2,18,19,20). The Hall–Kier alpha value is -2.29. The molecule has 2 aromatic carbocycles. The summed E-state index contributed by atoms with van der Waals surface area (Å²) in [4.78, 5) is 12.0. The molecule has 1 saturated carbocycles. The lowest BCUT2D eigenvalue weighted by Crippen LogP contribution is -2.41. The van der Waals surface area contributed by atoms with Gasteiger partial charge in [-0.05, 0) is 24.0 Å². The molecule has 2 aromatic rings. The molecule has 0 aliphatic heterocycles. The first-order valence-corrected chi connectivity index (χ1v) is 6.94. The smallest absolute Gasteiger partial charge is 0.315 e. The third-order valence-electron chi connectivity index (χ3n) is 3.73. The van der Waals surface area contributed by atoms with Crippen molar-refractivity contribution in [2.24, 2.45) is 0 Å². The molecule has 102 valence electrons. The average Bonchev–Trinajstić information content (AvgIpc) is 3.28. The molecule has 0 atom stereocenters. The first-order valence-electron chi connectivity index (χ1n) is 6.94. The molecule has 0 unspecified atom stereocenters. The zero-order valence-corrected chi connectivity index (χ0v) is 11.3. The van der Waals surface area contributed by atoms with Gasteiger partial charge in [0.2, 0.25) is 0 Å². The highest BCUT2D eigenvalue weighted by Crippen LogP contribution is 2.45. The molecule has 2 N–H and O–H groups in total. The Balaban J connectivity index is 1.57. The summed E-state index contributed by atoms with van der Waals surface area (Å²) in [6.07, 6.45) is 2.02. The fraction of sp³-hybridized carbons (Fsp3) is 0.235. The molecular weight excluding hydrogens is 248 g/mol. The molecule has 1 fully saturated rings. The van der Waals surface area contributed by atoms with Crippen molar-refractivity contribution in [3.63, 3.8) is 0 Å². The number of nitrogens with one attached hydrogen (secondary N) is 2. The third kappa shape index (κ3) is 2.82. The first-order chi connectivity index (χ1) is 9.78. The predicted molar refractivity (Wildman–Crippen MR) is 79.2 cm³/mol. The molecule has 1 aliphatic rings. The quantitative estimate of drug-likeness (QED) is 0.876. The van der Waals surface area contributed by atoms with Crippen LogP contribution >= 0.6 is 0 Å². The van der Waals surface area contributed by atoms with Gasteiger partial charge in [-0.15, -0.1) is 0 Å². The van der Waals surface area contributed by atoms with Gasteiger partial charge in [-0.3, -0.25) is 0 Å². The zero-order chi connectivity index (χ0) is 13.8. The van der Waals surface area contributed by atoms with E-state index in [-0.39, 0.29) is 11.6 Å². The highest BCUT2D eigenvalue weighted by Gasteiger charge is 2.45. The number of rotatable bonds is 4. The van der Waals surface area contributed by atoms with E-state index in [0.717, 1.165) is 18.4 Å². The Morgan fingerprint density at radius 2 is 1.55 bits per heavy atom. The van der Waals surface area contributed by atoms with Crippen LogP contribution in [-0.2, 0) is 12.1 Å². The summed E-state index contributed by atoms with van der Waals surface area (Å²) < 4.78 is 0. The molecule has 0 spiro atoms. The van der Waals surface area contributed by atoms with E-state index in [1.807, 2.05) is 48.5 Å². The fourth-order valence-corrected chi connectivity index (χ4v) is 2.41. The molecule has 3 heteroatoms. The van der Waals surface area contributed by atoms with Crippen molar-refractivity contribution in [2.45, 2.75) is 24.9 Å². The summed E-state index contributed by atoms with van der Waals surface area (Å²) in [5.41, 5.74) is 2.14. The Morgan fingerprint density at radius 3 is 2.15 bits per heavy atom. The largest absolute Gasteiger partial charge is 0.334 e. The highest BCUT2D eigenvalue weighted by molar-refractivity contribution is 5.75. The summed E-state index contributed by atoms with van der Waals surface area (Å²) in [7, 11) is 0. The number of carbonyl (C=O) groups is 1. The van der Waals surface area contributed by atoms with E-state index in [2.05, 4.69) is 22.8 Å². The number of benzene rings is 2. The van der Waals surface area contributed by atoms with Crippen LogP contribution in [0.5, 0.6) is 0 Å². The van der Waals surface area contributed by atoms with Gasteiger partial charge in [0.1, 0.15) is 0 Å². The maximum absolute atomic E-state index is 12.0. The molecule has 0 heterocycles. The summed E-state index contributed by atoms with van der Waals surface area (Å²) >= 11 is 0. The van der Waals surface area contributed by atoms with Crippen LogP contribution < -0.4 is 10.6 Å². The second-order valence-electron chi connectivity index (χ2n) is 5.24. The SMILES string of the molecule is O=C(NCc1ccccc1)NC1(c2ccccc2)CC1. The van der Waals surface area contributed by atoms with Gasteiger partial charge in [0.05, 0.1) is 5.54 Å². The average molecular weight is 266 g/mol. The monoisotopic (exact) mass is 266 g/mol. The highest BCUT2D eigenvalue weighted by atomic mass is 16.2. The number of hydrogen-bond donors (Lipinski definition) is 2. The van der Waals surface area contributed by atoms with Crippen LogP contribution in [0.25, 0.3) is 0 Å². The Bertz CT molecular complexity index is 576. The van der Waals surface area contributed by atoms with Gasteiger partial charge in [0.15, 0.2) is 0 Å². The minimum absolute atomic E-state index is 0.102. The van der Waals surface area contributed by atoms with Crippen LogP contribution in [0.1, 0.15) is 24.0 Å². The summed E-state index contributed by atoms with van der Waals surface area (Å²) in [6.45, 7) is 0.553. The molecule has 20 heavy (non-hydrogen) atoms. The van der Waals surface area contributed by atoms with Gasteiger partial charge < -0.3 is 10.6 Å². The van der Waals surface area contributed by atoms with E-state index in [9.17, 15) is 4.79 Å². The number of carbonyl (C=O) groups excluding carboxylic acids is 1. The maximum atomic E-state index is 12.0. The molecule has 2 amide bonds. The fourth-order valence-electron chi connectivity index (χ4n) is 2.41. The van der Waals surface area contributed by atoms with Crippen LogP contribution in [0.15, 0.2) is 60.7 Å². The second-order valence-corrected chi connectivity index (χ2v) is 5.24. The molecule has 0 bridgehead atoms. The minimum Gasteiger partial charge on any atom is -0.334 e. The topological polar surface area (TPSA) is 41.1 Å². The van der Waals surface area contributed by atoms with E-state index >= 15 is 0 Å². The van der Waals surface area contributed by atoms with Crippen LogP contribution in [0.4, 0.5) is 4.79 Å².